The molecule has 0 aromatic rings. The SMILES string of the molecule is C=CC1=CC(N)=CN(C)C1C=C. The summed E-state index contributed by atoms with van der Waals surface area (Å²) in [5.74, 6) is 0. The Balaban J connectivity index is 2.99. The lowest BCUT2D eigenvalue weighted by atomic mass is 10.0. The van der Waals surface area contributed by atoms with Crippen molar-refractivity contribution in [2.75, 3.05) is 7.05 Å². The Morgan fingerprint density at radius 3 is 2.75 bits per heavy atom. The Morgan fingerprint density at radius 1 is 1.58 bits per heavy atom. The van der Waals surface area contributed by atoms with Gasteiger partial charge in [-0.3, -0.25) is 0 Å². The third-order valence-electron chi connectivity index (χ3n) is 1.93. The predicted octanol–water partition coefficient (Wildman–Crippen LogP) is 1.40. The third-order valence-corrected chi connectivity index (χ3v) is 1.93. The van der Waals surface area contributed by atoms with Crippen LogP contribution in [-0.4, -0.2) is 18.0 Å². The molecule has 1 unspecified atom stereocenters. The number of nitrogens with two attached hydrogens (primary N) is 1. The van der Waals surface area contributed by atoms with E-state index in [4.69, 9.17) is 5.73 Å². The van der Waals surface area contributed by atoms with Crippen molar-refractivity contribution in [3.8, 4) is 0 Å². The van der Waals surface area contributed by atoms with Gasteiger partial charge in [-0.2, -0.15) is 0 Å². The summed E-state index contributed by atoms with van der Waals surface area (Å²) in [4.78, 5) is 2.01. The molecule has 1 aliphatic rings. The zero-order valence-electron chi connectivity index (χ0n) is 7.33. The van der Waals surface area contributed by atoms with Gasteiger partial charge in [-0.1, -0.05) is 18.7 Å². The highest BCUT2D eigenvalue weighted by molar-refractivity contribution is 5.37. The average Bonchev–Trinajstić information content (AvgIpc) is 2.03. The van der Waals surface area contributed by atoms with E-state index in [2.05, 4.69) is 13.2 Å². The van der Waals surface area contributed by atoms with E-state index in [-0.39, 0.29) is 6.04 Å². The molecule has 0 fully saturated rings. The zero-order valence-corrected chi connectivity index (χ0v) is 7.33. The highest BCUT2D eigenvalue weighted by Crippen LogP contribution is 2.18. The third kappa shape index (κ3) is 1.42. The maximum atomic E-state index is 5.67. The first-order chi connectivity index (χ1) is 5.69. The van der Waals surface area contributed by atoms with Gasteiger partial charge in [-0.15, -0.1) is 6.58 Å². The second-order valence-corrected chi connectivity index (χ2v) is 2.82. The fourth-order valence-electron chi connectivity index (χ4n) is 1.35. The standard InChI is InChI=1S/C10H14N2/c1-4-8-6-9(11)7-12(3)10(8)5-2/h4-7,10H,1-2,11H2,3H3. The molecule has 1 heterocycles. The largest absolute Gasteiger partial charge is 0.398 e. The fourth-order valence-corrected chi connectivity index (χ4v) is 1.35. The van der Waals surface area contributed by atoms with E-state index in [1.165, 1.54) is 0 Å². The molecule has 1 rings (SSSR count). The van der Waals surface area contributed by atoms with Gasteiger partial charge in [0.05, 0.1) is 6.04 Å². The van der Waals surface area contributed by atoms with Crippen LogP contribution in [0.2, 0.25) is 0 Å². The second kappa shape index (κ2) is 3.30. The Hall–Kier alpha value is -1.44. The summed E-state index contributed by atoms with van der Waals surface area (Å²) < 4.78 is 0. The molecule has 64 valence electrons. The molecule has 0 spiro atoms. The number of hydrogen-bond donors (Lipinski definition) is 1. The normalized spacial score (nSPS) is 22.8. The molecule has 2 nitrogen and oxygen atoms in total. The first kappa shape index (κ1) is 8.65. The highest BCUT2D eigenvalue weighted by Gasteiger charge is 2.15. The zero-order chi connectivity index (χ0) is 9.14. The first-order valence-corrected chi connectivity index (χ1v) is 3.85. The summed E-state index contributed by atoms with van der Waals surface area (Å²) >= 11 is 0. The van der Waals surface area contributed by atoms with E-state index >= 15 is 0 Å². The van der Waals surface area contributed by atoms with Gasteiger partial charge in [-0.05, 0) is 11.6 Å². The molecule has 1 atom stereocenters. The number of rotatable bonds is 2. The minimum Gasteiger partial charge on any atom is -0.398 e. The highest BCUT2D eigenvalue weighted by atomic mass is 15.1. The van der Waals surface area contributed by atoms with Crippen LogP contribution in [0.5, 0.6) is 0 Å². The topological polar surface area (TPSA) is 29.3 Å². The summed E-state index contributed by atoms with van der Waals surface area (Å²) in [5, 5.41) is 0. The minimum absolute atomic E-state index is 0.204. The van der Waals surface area contributed by atoms with Crippen LogP contribution in [-0.2, 0) is 0 Å². The molecule has 2 N–H and O–H groups in total. The lowest BCUT2D eigenvalue weighted by Crippen LogP contribution is -2.30. The average molecular weight is 162 g/mol. The summed E-state index contributed by atoms with van der Waals surface area (Å²) in [6, 6.07) is 0.204. The van der Waals surface area contributed by atoms with E-state index in [9.17, 15) is 0 Å². The van der Waals surface area contributed by atoms with Crippen LogP contribution in [0.3, 0.4) is 0 Å². The van der Waals surface area contributed by atoms with E-state index in [1.807, 2.05) is 36.4 Å². The molecule has 0 saturated carbocycles. The van der Waals surface area contributed by atoms with Crippen molar-refractivity contribution in [1.29, 1.82) is 0 Å². The number of hydrogen-bond acceptors (Lipinski definition) is 2. The minimum atomic E-state index is 0.204. The molecule has 0 bridgehead atoms. The molecule has 2 heteroatoms. The Morgan fingerprint density at radius 2 is 2.25 bits per heavy atom. The first-order valence-electron chi connectivity index (χ1n) is 3.85. The van der Waals surface area contributed by atoms with Crippen LogP contribution in [0.15, 0.2) is 48.9 Å². The van der Waals surface area contributed by atoms with Crippen LogP contribution >= 0.6 is 0 Å². The van der Waals surface area contributed by atoms with Crippen molar-refractivity contribution in [2.45, 2.75) is 6.04 Å². The molecular formula is C10H14N2. The summed E-state index contributed by atoms with van der Waals surface area (Å²) in [7, 11) is 1.97. The fraction of sp³-hybridized carbons (Fsp3) is 0.200. The maximum Gasteiger partial charge on any atom is 0.0716 e. The molecule has 0 aromatic heterocycles. The van der Waals surface area contributed by atoms with Crippen molar-refractivity contribution >= 4 is 0 Å². The Bertz CT molecular complexity index is 261. The van der Waals surface area contributed by atoms with Crippen LogP contribution in [0.1, 0.15) is 0 Å². The van der Waals surface area contributed by atoms with Crippen LogP contribution in [0, 0.1) is 0 Å². The molecule has 0 amide bonds. The van der Waals surface area contributed by atoms with Gasteiger partial charge in [-0.25, -0.2) is 0 Å². The lowest BCUT2D eigenvalue weighted by molar-refractivity contribution is 0.419. The van der Waals surface area contributed by atoms with Crippen molar-refractivity contribution < 1.29 is 0 Å². The Labute approximate surface area is 73.4 Å². The van der Waals surface area contributed by atoms with E-state index in [1.54, 1.807) is 0 Å². The van der Waals surface area contributed by atoms with Crippen molar-refractivity contribution in [3.63, 3.8) is 0 Å². The van der Waals surface area contributed by atoms with E-state index in [0.717, 1.165) is 11.3 Å². The van der Waals surface area contributed by atoms with Gasteiger partial charge in [0, 0.05) is 18.9 Å². The smallest absolute Gasteiger partial charge is 0.0716 e. The van der Waals surface area contributed by atoms with Gasteiger partial charge >= 0.3 is 0 Å². The molecular weight excluding hydrogens is 148 g/mol. The van der Waals surface area contributed by atoms with Gasteiger partial charge in [0.25, 0.3) is 0 Å². The van der Waals surface area contributed by atoms with Crippen LogP contribution in [0.4, 0.5) is 0 Å². The quantitative estimate of drug-likeness (QED) is 0.622. The molecule has 0 aromatic carbocycles. The number of allylic oxidation sites excluding steroid dienone is 1. The number of nitrogens with zero attached hydrogens (tertiary/aromatic N) is 1. The van der Waals surface area contributed by atoms with Gasteiger partial charge in [0.2, 0.25) is 0 Å². The molecule has 0 aliphatic carbocycles. The molecule has 12 heavy (non-hydrogen) atoms. The molecule has 1 aliphatic heterocycles. The van der Waals surface area contributed by atoms with Crippen molar-refractivity contribution in [2.24, 2.45) is 5.73 Å². The summed E-state index contributed by atoms with van der Waals surface area (Å²) in [6.07, 6.45) is 7.48. The maximum absolute atomic E-state index is 5.67. The van der Waals surface area contributed by atoms with Gasteiger partial charge in [0.15, 0.2) is 0 Å². The van der Waals surface area contributed by atoms with Crippen molar-refractivity contribution in [1.82, 2.24) is 4.90 Å². The molecule has 0 radical (unpaired) electrons. The number of likely N-dealkylation sites (N-methyl/N-ethyl adjacent to an activating group) is 1. The summed E-state index contributed by atoms with van der Waals surface area (Å²) in [6.45, 7) is 7.48. The van der Waals surface area contributed by atoms with Gasteiger partial charge in [0.1, 0.15) is 0 Å². The van der Waals surface area contributed by atoms with E-state index < -0.39 is 0 Å². The summed E-state index contributed by atoms with van der Waals surface area (Å²) in [5.41, 5.74) is 7.51. The van der Waals surface area contributed by atoms with Crippen LogP contribution < -0.4 is 5.73 Å². The lowest BCUT2D eigenvalue weighted by Gasteiger charge is -2.28. The monoisotopic (exact) mass is 162 g/mol. The molecule has 0 saturated heterocycles. The van der Waals surface area contributed by atoms with Gasteiger partial charge < -0.3 is 10.6 Å². The van der Waals surface area contributed by atoms with Crippen LogP contribution in [0.25, 0.3) is 0 Å². The second-order valence-electron chi connectivity index (χ2n) is 2.82. The van der Waals surface area contributed by atoms with E-state index in [0.29, 0.717) is 0 Å². The Kier molecular flexibility index (Phi) is 2.38. The predicted molar refractivity (Wildman–Crippen MR) is 52.3 cm³/mol. The van der Waals surface area contributed by atoms with Crippen molar-refractivity contribution in [3.05, 3.63) is 48.9 Å².